The van der Waals surface area contributed by atoms with Crippen LogP contribution in [-0.4, -0.2) is 44.7 Å². The van der Waals surface area contributed by atoms with Crippen LogP contribution in [0.1, 0.15) is 30.6 Å². The van der Waals surface area contributed by atoms with Crippen LogP contribution in [0.2, 0.25) is 0 Å². The summed E-state index contributed by atoms with van der Waals surface area (Å²) < 4.78 is 10.7. The Kier molecular flexibility index (Phi) is 5.59. The SMILES string of the molecule is COCCCNC(C)C(=O)c1ccc2c(c1)NCC(C)O2. The van der Waals surface area contributed by atoms with Gasteiger partial charge in [-0.15, -0.1) is 0 Å². The maximum absolute atomic E-state index is 12.4. The summed E-state index contributed by atoms with van der Waals surface area (Å²) >= 11 is 0. The van der Waals surface area contributed by atoms with Crippen molar-refractivity contribution in [1.29, 1.82) is 0 Å². The van der Waals surface area contributed by atoms with Gasteiger partial charge >= 0.3 is 0 Å². The Labute approximate surface area is 126 Å². The molecular weight excluding hydrogens is 268 g/mol. The number of hydrogen-bond donors (Lipinski definition) is 2. The minimum absolute atomic E-state index is 0.0932. The fourth-order valence-electron chi connectivity index (χ4n) is 2.31. The van der Waals surface area contributed by atoms with Crippen molar-refractivity contribution in [3.8, 4) is 5.75 Å². The molecule has 2 N–H and O–H groups in total. The Balaban J connectivity index is 1.96. The summed E-state index contributed by atoms with van der Waals surface area (Å²) in [5.74, 6) is 0.904. The van der Waals surface area contributed by atoms with Gasteiger partial charge in [0.05, 0.1) is 18.3 Å². The maximum Gasteiger partial charge on any atom is 0.179 e. The van der Waals surface area contributed by atoms with Crippen molar-refractivity contribution in [2.45, 2.75) is 32.4 Å². The van der Waals surface area contributed by atoms with Crippen molar-refractivity contribution < 1.29 is 14.3 Å². The van der Waals surface area contributed by atoms with Gasteiger partial charge in [-0.2, -0.15) is 0 Å². The number of rotatable bonds is 7. The van der Waals surface area contributed by atoms with Gasteiger partial charge in [0.25, 0.3) is 0 Å². The molecule has 1 heterocycles. The fourth-order valence-corrected chi connectivity index (χ4v) is 2.31. The number of nitrogens with one attached hydrogen (secondary N) is 2. The molecule has 1 aliphatic heterocycles. The Morgan fingerprint density at radius 1 is 1.57 bits per heavy atom. The topological polar surface area (TPSA) is 59.6 Å². The molecule has 0 spiro atoms. The zero-order chi connectivity index (χ0) is 15.2. The number of carbonyl (C=O) groups is 1. The van der Waals surface area contributed by atoms with Gasteiger partial charge in [0.2, 0.25) is 0 Å². The van der Waals surface area contributed by atoms with Crippen LogP contribution in [0.25, 0.3) is 0 Å². The van der Waals surface area contributed by atoms with Crippen molar-refractivity contribution in [1.82, 2.24) is 5.32 Å². The molecule has 0 saturated heterocycles. The minimum atomic E-state index is -0.205. The van der Waals surface area contributed by atoms with Gasteiger partial charge in [0.15, 0.2) is 5.78 Å². The van der Waals surface area contributed by atoms with E-state index in [-0.39, 0.29) is 17.9 Å². The number of Topliss-reactive ketones (excluding diaryl/α,β-unsaturated/α-hetero) is 1. The second-order valence-electron chi connectivity index (χ2n) is 5.41. The molecule has 2 unspecified atom stereocenters. The molecule has 0 bridgehead atoms. The van der Waals surface area contributed by atoms with Crippen molar-refractivity contribution in [2.75, 3.05) is 32.1 Å². The van der Waals surface area contributed by atoms with Crippen LogP contribution in [0.4, 0.5) is 5.69 Å². The molecule has 2 atom stereocenters. The van der Waals surface area contributed by atoms with E-state index in [9.17, 15) is 4.79 Å². The Morgan fingerprint density at radius 2 is 2.38 bits per heavy atom. The summed E-state index contributed by atoms with van der Waals surface area (Å²) in [7, 11) is 1.68. The van der Waals surface area contributed by atoms with E-state index in [1.165, 1.54) is 0 Å². The van der Waals surface area contributed by atoms with Crippen LogP contribution in [0, 0.1) is 0 Å². The predicted molar refractivity (Wildman–Crippen MR) is 83.3 cm³/mol. The van der Waals surface area contributed by atoms with E-state index in [1.807, 2.05) is 32.0 Å². The molecule has 0 aromatic heterocycles. The number of anilines is 1. The predicted octanol–water partition coefficient (Wildman–Crippen LogP) is 2.08. The molecule has 116 valence electrons. The molecule has 5 nitrogen and oxygen atoms in total. The summed E-state index contributed by atoms with van der Waals surface area (Å²) in [5.41, 5.74) is 1.59. The van der Waals surface area contributed by atoms with E-state index in [0.29, 0.717) is 12.2 Å². The molecule has 5 heteroatoms. The first-order valence-corrected chi connectivity index (χ1v) is 7.43. The van der Waals surface area contributed by atoms with Crippen LogP contribution >= 0.6 is 0 Å². The second-order valence-corrected chi connectivity index (χ2v) is 5.41. The molecular formula is C16H24N2O3. The molecule has 1 aromatic carbocycles. The summed E-state index contributed by atoms with van der Waals surface area (Å²) in [5, 5.41) is 6.51. The molecule has 0 fully saturated rings. The van der Waals surface area contributed by atoms with Crippen molar-refractivity contribution in [3.63, 3.8) is 0 Å². The van der Waals surface area contributed by atoms with Crippen molar-refractivity contribution >= 4 is 11.5 Å². The lowest BCUT2D eigenvalue weighted by Crippen LogP contribution is -2.35. The van der Waals surface area contributed by atoms with E-state index in [2.05, 4.69) is 10.6 Å². The van der Waals surface area contributed by atoms with Gasteiger partial charge in [-0.25, -0.2) is 0 Å². The zero-order valence-electron chi connectivity index (χ0n) is 12.9. The number of carbonyl (C=O) groups excluding carboxylic acids is 1. The van der Waals surface area contributed by atoms with E-state index in [0.717, 1.165) is 30.9 Å². The third-order valence-corrected chi connectivity index (χ3v) is 3.54. The van der Waals surface area contributed by atoms with E-state index < -0.39 is 0 Å². The average molecular weight is 292 g/mol. The standard InChI is InChI=1S/C16H24N2O3/c1-11-10-18-14-9-13(5-6-15(14)21-11)16(19)12(2)17-7-4-8-20-3/h5-6,9,11-12,17-18H,4,7-8,10H2,1-3H3. The minimum Gasteiger partial charge on any atom is -0.487 e. The molecule has 0 amide bonds. The first kappa shape index (κ1) is 15.8. The van der Waals surface area contributed by atoms with E-state index in [1.54, 1.807) is 7.11 Å². The summed E-state index contributed by atoms with van der Waals surface area (Å²) in [6.07, 6.45) is 1.05. The highest BCUT2D eigenvalue weighted by Gasteiger charge is 2.19. The third-order valence-electron chi connectivity index (χ3n) is 3.54. The van der Waals surface area contributed by atoms with Gasteiger partial charge in [-0.3, -0.25) is 4.79 Å². The highest BCUT2D eigenvalue weighted by Crippen LogP contribution is 2.30. The maximum atomic E-state index is 12.4. The normalized spacial score (nSPS) is 18.3. The molecule has 0 saturated carbocycles. The number of benzene rings is 1. The summed E-state index contributed by atoms with van der Waals surface area (Å²) in [6.45, 7) is 6.13. The van der Waals surface area contributed by atoms with Crippen LogP contribution in [0.3, 0.4) is 0 Å². The van der Waals surface area contributed by atoms with Gasteiger partial charge in [0.1, 0.15) is 11.9 Å². The largest absolute Gasteiger partial charge is 0.487 e. The summed E-state index contributed by atoms with van der Waals surface area (Å²) in [4.78, 5) is 12.4. The van der Waals surface area contributed by atoms with Crippen LogP contribution in [0.15, 0.2) is 18.2 Å². The van der Waals surface area contributed by atoms with Crippen LogP contribution in [-0.2, 0) is 4.74 Å². The van der Waals surface area contributed by atoms with Gasteiger partial charge in [-0.1, -0.05) is 0 Å². The number of hydrogen-bond acceptors (Lipinski definition) is 5. The highest BCUT2D eigenvalue weighted by atomic mass is 16.5. The fraction of sp³-hybridized carbons (Fsp3) is 0.562. The Hall–Kier alpha value is -1.59. The highest BCUT2D eigenvalue weighted by molar-refractivity contribution is 6.01. The zero-order valence-corrected chi connectivity index (χ0v) is 12.9. The number of ketones is 1. The molecule has 21 heavy (non-hydrogen) atoms. The first-order valence-electron chi connectivity index (χ1n) is 7.43. The lowest BCUT2D eigenvalue weighted by atomic mass is 10.0. The molecule has 1 aliphatic rings. The number of ether oxygens (including phenoxy) is 2. The smallest absolute Gasteiger partial charge is 0.179 e. The lowest BCUT2D eigenvalue weighted by Gasteiger charge is -2.25. The lowest BCUT2D eigenvalue weighted by molar-refractivity contribution is 0.0949. The third kappa shape index (κ3) is 4.19. The number of methoxy groups -OCH3 is 1. The van der Waals surface area contributed by atoms with Gasteiger partial charge < -0.3 is 20.1 Å². The molecule has 2 rings (SSSR count). The number of fused-ring (bicyclic) bond motifs is 1. The van der Waals surface area contributed by atoms with Crippen molar-refractivity contribution in [2.24, 2.45) is 0 Å². The molecule has 1 aromatic rings. The Bertz CT molecular complexity index is 490. The van der Waals surface area contributed by atoms with Gasteiger partial charge in [0, 0.05) is 19.3 Å². The van der Waals surface area contributed by atoms with E-state index >= 15 is 0 Å². The van der Waals surface area contributed by atoms with Crippen LogP contribution < -0.4 is 15.4 Å². The quantitative estimate of drug-likeness (QED) is 0.595. The molecule has 0 aliphatic carbocycles. The Morgan fingerprint density at radius 3 is 3.14 bits per heavy atom. The van der Waals surface area contributed by atoms with Crippen LogP contribution in [0.5, 0.6) is 5.75 Å². The second kappa shape index (κ2) is 7.43. The van der Waals surface area contributed by atoms with Gasteiger partial charge in [-0.05, 0) is 45.0 Å². The summed E-state index contributed by atoms with van der Waals surface area (Å²) in [6, 6.07) is 5.36. The monoisotopic (exact) mass is 292 g/mol. The first-order chi connectivity index (χ1) is 10.1. The molecule has 0 radical (unpaired) electrons. The van der Waals surface area contributed by atoms with Crippen molar-refractivity contribution in [3.05, 3.63) is 23.8 Å². The average Bonchev–Trinajstić information content (AvgIpc) is 2.50. The van der Waals surface area contributed by atoms with E-state index in [4.69, 9.17) is 9.47 Å².